The predicted octanol–water partition coefficient (Wildman–Crippen LogP) is 1.25. The van der Waals surface area contributed by atoms with Gasteiger partial charge in [0.2, 0.25) is 5.82 Å². The molecule has 11 heteroatoms. The van der Waals surface area contributed by atoms with Crippen LogP contribution in [0.25, 0.3) is 22.9 Å². The van der Waals surface area contributed by atoms with Gasteiger partial charge in [-0.3, -0.25) is 4.98 Å². The van der Waals surface area contributed by atoms with E-state index in [1.54, 1.807) is 36.4 Å². The van der Waals surface area contributed by atoms with E-state index in [0.29, 0.717) is 23.0 Å². The highest BCUT2D eigenvalue weighted by molar-refractivity contribution is 5.60. The van der Waals surface area contributed by atoms with Crippen LogP contribution in [0, 0.1) is 13.8 Å². The molecule has 0 aromatic carbocycles. The normalized spacial score (nSPS) is 18.7. The highest BCUT2D eigenvalue weighted by Crippen LogP contribution is 2.41. The van der Waals surface area contributed by atoms with Gasteiger partial charge in [0.05, 0.1) is 6.20 Å². The molecule has 2 aliphatic heterocycles. The molecule has 144 valence electrons. The smallest absolute Gasteiger partial charge is 0.251 e. The van der Waals surface area contributed by atoms with E-state index in [1.165, 1.54) is 11.6 Å². The Hall–Kier alpha value is -3.63. The molecule has 0 saturated heterocycles. The van der Waals surface area contributed by atoms with Gasteiger partial charge in [-0.25, -0.2) is 4.98 Å². The summed E-state index contributed by atoms with van der Waals surface area (Å²) in [4.78, 5) is 8.66. The van der Waals surface area contributed by atoms with Crippen molar-refractivity contribution in [2.24, 2.45) is 0 Å². The largest absolute Gasteiger partial charge is 0.584 e. The molecule has 0 saturated carbocycles. The Bertz CT molecular complexity index is 1340. The maximum Gasteiger partial charge on any atom is 0.584 e. The Morgan fingerprint density at radius 3 is 2.59 bits per heavy atom. The van der Waals surface area contributed by atoms with Crippen molar-refractivity contribution in [2.75, 3.05) is 0 Å². The van der Waals surface area contributed by atoms with Crippen LogP contribution in [0.4, 0.5) is 13.2 Å². The maximum absolute atomic E-state index is 13.7. The zero-order chi connectivity index (χ0) is 20.1. The van der Waals surface area contributed by atoms with E-state index in [9.17, 15) is 13.2 Å². The molecule has 2 aliphatic rings. The number of aryl methyl sites for hydroxylation is 1. The molecule has 0 amide bonds. The molecule has 29 heavy (non-hydrogen) atoms. The summed E-state index contributed by atoms with van der Waals surface area (Å²) < 4.78 is 47.8. The van der Waals surface area contributed by atoms with Crippen molar-refractivity contribution in [2.45, 2.75) is 25.9 Å². The van der Waals surface area contributed by atoms with Gasteiger partial charge < -0.3 is 0 Å². The van der Waals surface area contributed by atoms with Crippen LogP contribution >= 0.6 is 0 Å². The van der Waals surface area contributed by atoms with Gasteiger partial charge in [0.25, 0.3) is 11.4 Å². The Morgan fingerprint density at radius 1 is 1.00 bits per heavy atom. The molecule has 8 nitrogen and oxygen atoms in total. The van der Waals surface area contributed by atoms with E-state index in [-0.39, 0.29) is 5.56 Å². The Morgan fingerprint density at radius 2 is 1.79 bits per heavy atom. The number of hydrogen-bond donors (Lipinski definition) is 0. The van der Waals surface area contributed by atoms with E-state index < -0.39 is 17.8 Å². The van der Waals surface area contributed by atoms with Crippen LogP contribution in [0.2, 0.25) is 0 Å². The van der Waals surface area contributed by atoms with Crippen LogP contribution in [0.15, 0.2) is 43.0 Å². The van der Waals surface area contributed by atoms with Gasteiger partial charge in [-0.05, 0) is 19.9 Å². The maximum atomic E-state index is 13.7. The third-order valence-electron chi connectivity index (χ3n) is 5.41. The highest BCUT2D eigenvalue weighted by Gasteiger charge is 2.71. The fourth-order valence-electron chi connectivity index (χ4n) is 4.37. The van der Waals surface area contributed by atoms with Gasteiger partial charge in [0.15, 0.2) is 23.8 Å². The minimum absolute atomic E-state index is 0.0412. The van der Waals surface area contributed by atoms with E-state index in [1.807, 2.05) is 27.3 Å². The van der Waals surface area contributed by atoms with Crippen LogP contribution in [0.1, 0.15) is 17.1 Å². The van der Waals surface area contributed by atoms with Crippen LogP contribution in [0.5, 0.6) is 0 Å². The monoisotopic (exact) mass is 398 g/mol. The molecular formula is C18H13F3N8+2. The lowest BCUT2D eigenvalue weighted by atomic mass is 10.1. The third-order valence-corrected chi connectivity index (χ3v) is 5.41. The zero-order valence-electron chi connectivity index (χ0n) is 15.3. The topological polar surface area (TPSA) is 69.2 Å². The minimum atomic E-state index is -4.58. The van der Waals surface area contributed by atoms with Crippen LogP contribution < -0.4 is 9.13 Å². The number of nitrogens with zero attached hydrogens (tertiary/aromatic N) is 8. The molecule has 0 radical (unpaired) electrons. The first-order valence-electron chi connectivity index (χ1n) is 8.84. The fraction of sp³-hybridized carbons (Fsp3) is 0.222. The van der Waals surface area contributed by atoms with Gasteiger partial charge >= 0.3 is 12.1 Å². The lowest BCUT2D eigenvalue weighted by Gasteiger charge is -2.15. The summed E-state index contributed by atoms with van der Waals surface area (Å²) in [5, 5.41) is 8.59. The van der Waals surface area contributed by atoms with Crippen LogP contribution in [-0.4, -0.2) is 29.5 Å². The van der Waals surface area contributed by atoms with Gasteiger partial charge in [0.1, 0.15) is 12.0 Å². The molecule has 0 bridgehead atoms. The lowest BCUT2D eigenvalue weighted by molar-refractivity contribution is -0.990. The van der Waals surface area contributed by atoms with Crippen molar-refractivity contribution in [3.05, 3.63) is 60.1 Å². The van der Waals surface area contributed by atoms with Crippen molar-refractivity contribution < 1.29 is 22.3 Å². The average molecular weight is 398 g/mol. The van der Waals surface area contributed by atoms with Gasteiger partial charge in [-0.15, -0.1) is 9.78 Å². The quantitative estimate of drug-likeness (QED) is 0.361. The molecule has 0 aliphatic carbocycles. The molecule has 6 heterocycles. The van der Waals surface area contributed by atoms with Crippen molar-refractivity contribution in [3.8, 4) is 22.9 Å². The summed E-state index contributed by atoms with van der Waals surface area (Å²) in [6, 6.07) is 5.52. The van der Waals surface area contributed by atoms with E-state index in [0.717, 1.165) is 5.69 Å². The summed E-state index contributed by atoms with van der Waals surface area (Å²) in [6.07, 6.45) is 2.05. The number of hydrogen-bond acceptors (Lipinski definition) is 4. The SMILES string of the molecule is Cc1nc2n(n1)C1(n3nc(C(F)(F)F)c(C)c3-c3cncc[n+]31)[n+]1ccccc1-2. The number of alkyl halides is 3. The van der Waals surface area contributed by atoms with Gasteiger partial charge in [0, 0.05) is 17.7 Å². The Kier molecular flexibility index (Phi) is 2.73. The lowest BCUT2D eigenvalue weighted by Crippen LogP contribution is -2.77. The molecule has 1 atom stereocenters. The number of fused-ring (bicyclic) bond motifs is 10. The summed E-state index contributed by atoms with van der Waals surface area (Å²) in [5.41, 5.74) is 0.688. The second kappa shape index (κ2) is 4.85. The summed E-state index contributed by atoms with van der Waals surface area (Å²) in [6.45, 7) is 3.17. The highest BCUT2D eigenvalue weighted by atomic mass is 19.4. The van der Waals surface area contributed by atoms with E-state index in [2.05, 4.69) is 20.2 Å². The fourth-order valence-corrected chi connectivity index (χ4v) is 4.37. The summed E-state index contributed by atoms with van der Waals surface area (Å²) in [5.74, 6) is -0.276. The molecule has 4 aromatic heterocycles. The first kappa shape index (κ1) is 16.3. The molecule has 1 unspecified atom stereocenters. The molecule has 1 spiro atoms. The third kappa shape index (κ3) is 1.71. The zero-order valence-corrected chi connectivity index (χ0v) is 15.3. The molecule has 0 fully saturated rings. The van der Waals surface area contributed by atoms with E-state index >= 15 is 0 Å². The van der Waals surface area contributed by atoms with Gasteiger partial charge in [-0.1, -0.05) is 13.8 Å². The predicted molar refractivity (Wildman–Crippen MR) is 90.0 cm³/mol. The molecular weight excluding hydrogens is 385 g/mol. The van der Waals surface area contributed by atoms with Crippen molar-refractivity contribution in [3.63, 3.8) is 0 Å². The Balaban J connectivity index is 1.84. The summed E-state index contributed by atoms with van der Waals surface area (Å²) >= 11 is 0. The second-order valence-corrected chi connectivity index (χ2v) is 7.01. The van der Waals surface area contributed by atoms with Crippen LogP contribution in [-0.2, 0) is 12.1 Å². The minimum Gasteiger partial charge on any atom is -0.251 e. The number of halogens is 3. The first-order chi connectivity index (χ1) is 13.8. The van der Waals surface area contributed by atoms with Crippen LogP contribution in [0.3, 0.4) is 0 Å². The van der Waals surface area contributed by atoms with Gasteiger partial charge in [-0.2, -0.15) is 18.3 Å². The molecule has 6 rings (SSSR count). The standard InChI is InChI=1S/C18H13F3N8/c1-10-14-13-9-22-6-8-27(13)18(28(14)25-15(10)17(19,20)21)26-7-4-3-5-12(26)16-23-11(2)24-29(16)18/h3-9H,1-2H3/q+2. The average Bonchev–Trinajstić information content (AvgIpc) is 3.37. The number of aromatic nitrogens is 8. The number of pyridine rings is 1. The Labute approximate surface area is 161 Å². The van der Waals surface area contributed by atoms with E-state index in [4.69, 9.17) is 0 Å². The number of rotatable bonds is 0. The summed E-state index contributed by atoms with van der Waals surface area (Å²) in [7, 11) is 0. The van der Waals surface area contributed by atoms with Crippen molar-refractivity contribution in [1.29, 1.82) is 0 Å². The first-order valence-corrected chi connectivity index (χ1v) is 8.84. The molecule has 4 aromatic rings. The molecule has 0 N–H and O–H groups in total. The van der Waals surface area contributed by atoms with Crippen molar-refractivity contribution >= 4 is 0 Å². The van der Waals surface area contributed by atoms with Crippen molar-refractivity contribution in [1.82, 2.24) is 29.5 Å². The second-order valence-electron chi connectivity index (χ2n) is 7.01.